The molecule has 2 fully saturated rings. The Morgan fingerprint density at radius 3 is 2.08 bits per heavy atom. The van der Waals surface area contributed by atoms with Crippen molar-refractivity contribution in [3.8, 4) is 0 Å². The number of hydrogen-bond acceptors (Lipinski definition) is 3. The fourth-order valence-corrected chi connectivity index (χ4v) is 3.33. The van der Waals surface area contributed by atoms with Gasteiger partial charge in [0, 0.05) is 50.3 Å². The summed E-state index contributed by atoms with van der Waals surface area (Å²) in [5, 5.41) is 5.62. The van der Waals surface area contributed by atoms with Crippen LogP contribution in [0.4, 0.5) is 17.1 Å². The first-order valence-electron chi connectivity index (χ1n) is 8.87. The molecule has 2 saturated heterocycles. The Kier molecular flexibility index (Phi) is 3.93. The fraction of sp³-hybridized carbons (Fsp3) is 0.333. The second kappa shape index (κ2) is 6.23. The second-order valence-corrected chi connectivity index (χ2v) is 6.73. The Labute approximate surface area is 143 Å². The summed E-state index contributed by atoms with van der Waals surface area (Å²) in [5.41, 5.74) is 4.99. The van der Waals surface area contributed by atoms with E-state index in [-0.39, 0.29) is 0 Å². The van der Waals surface area contributed by atoms with Gasteiger partial charge in [0.15, 0.2) is 0 Å². The van der Waals surface area contributed by atoms with Crippen molar-refractivity contribution in [2.45, 2.75) is 12.8 Å². The van der Waals surface area contributed by atoms with Crippen molar-refractivity contribution in [2.75, 3.05) is 48.3 Å². The predicted molar refractivity (Wildman–Crippen MR) is 104 cm³/mol. The van der Waals surface area contributed by atoms with Gasteiger partial charge >= 0.3 is 0 Å². The highest BCUT2D eigenvalue weighted by Gasteiger charge is 2.15. The Bertz CT molecular complexity index is 848. The lowest BCUT2D eigenvalue weighted by atomic mass is 10.1. The summed E-state index contributed by atoms with van der Waals surface area (Å²) in [6.07, 6.45) is 4.83. The summed E-state index contributed by atoms with van der Waals surface area (Å²) >= 11 is 0. The molecule has 2 aromatic rings. The maximum atomic E-state index is 4.26. The predicted octanol–water partition coefficient (Wildman–Crippen LogP) is 2.39. The monoisotopic (exact) mass is 319 g/mol. The Hall–Kier alpha value is -2.42. The van der Waals surface area contributed by atoms with E-state index < -0.39 is 0 Å². The van der Waals surface area contributed by atoms with E-state index in [1.54, 1.807) is 0 Å². The molecule has 0 aliphatic carbocycles. The van der Waals surface area contributed by atoms with E-state index in [4.69, 9.17) is 0 Å². The van der Waals surface area contributed by atoms with Gasteiger partial charge in [-0.1, -0.05) is 18.7 Å². The molecule has 1 N–H and O–H groups in total. The van der Waals surface area contributed by atoms with Crippen LogP contribution in [0.15, 0.2) is 36.4 Å². The number of nitrogens with one attached hydrogen (secondary N) is 1. The maximum absolute atomic E-state index is 4.26. The largest absolute Gasteiger partial charge is 0.388 e. The number of anilines is 3. The summed E-state index contributed by atoms with van der Waals surface area (Å²) in [5.74, 6) is 0. The Balaban J connectivity index is 1.68. The molecule has 0 amide bonds. The van der Waals surface area contributed by atoms with E-state index in [2.05, 4.69) is 64.2 Å². The minimum absolute atomic E-state index is 1.09. The molecule has 0 aromatic heterocycles. The maximum Gasteiger partial charge on any atom is 0.0432 e. The van der Waals surface area contributed by atoms with E-state index in [1.807, 2.05) is 7.05 Å². The van der Waals surface area contributed by atoms with Gasteiger partial charge in [-0.3, -0.25) is 0 Å². The lowest BCUT2D eigenvalue weighted by Gasteiger charge is -2.33. The molecule has 2 heterocycles. The third-order valence-corrected chi connectivity index (χ3v) is 5.19. The van der Waals surface area contributed by atoms with Crippen LogP contribution in [-0.4, -0.2) is 33.2 Å². The van der Waals surface area contributed by atoms with Crippen molar-refractivity contribution in [1.82, 2.24) is 0 Å². The van der Waals surface area contributed by atoms with Gasteiger partial charge in [-0.05, 0) is 59.2 Å². The smallest absolute Gasteiger partial charge is 0.0432 e. The zero-order valence-electron chi connectivity index (χ0n) is 14.4. The van der Waals surface area contributed by atoms with Crippen LogP contribution in [0.1, 0.15) is 18.4 Å². The van der Waals surface area contributed by atoms with Crippen LogP contribution in [0.25, 0.3) is 12.7 Å². The highest BCUT2D eigenvalue weighted by Crippen LogP contribution is 2.27. The van der Waals surface area contributed by atoms with Crippen LogP contribution in [-0.2, 0) is 0 Å². The summed E-state index contributed by atoms with van der Waals surface area (Å²) in [4.78, 5) is 4.82. The second-order valence-electron chi connectivity index (χ2n) is 6.73. The SMILES string of the molecule is C=c1cc(N2CCC2)cc/c1=C/c1ccc(N2CCC2)cc1NC. The molecular weight excluding hydrogens is 294 g/mol. The van der Waals surface area contributed by atoms with Gasteiger partial charge in [0.25, 0.3) is 0 Å². The molecule has 0 spiro atoms. The Morgan fingerprint density at radius 1 is 0.917 bits per heavy atom. The topological polar surface area (TPSA) is 18.5 Å². The molecule has 2 aliphatic heterocycles. The first-order chi connectivity index (χ1) is 11.7. The highest BCUT2D eigenvalue weighted by molar-refractivity contribution is 5.72. The third kappa shape index (κ3) is 2.75. The van der Waals surface area contributed by atoms with E-state index in [0.717, 1.165) is 5.22 Å². The number of nitrogens with zero attached hydrogens (tertiary/aromatic N) is 2. The first kappa shape index (κ1) is 15.1. The van der Waals surface area contributed by atoms with Gasteiger partial charge in [0.05, 0.1) is 0 Å². The average Bonchev–Trinajstić information content (AvgIpc) is 2.47. The molecule has 24 heavy (non-hydrogen) atoms. The minimum Gasteiger partial charge on any atom is -0.388 e. The first-order valence-corrected chi connectivity index (χ1v) is 8.87. The van der Waals surface area contributed by atoms with Crippen molar-refractivity contribution in [3.05, 3.63) is 52.4 Å². The van der Waals surface area contributed by atoms with Crippen molar-refractivity contribution in [1.29, 1.82) is 0 Å². The van der Waals surface area contributed by atoms with Gasteiger partial charge in [-0.25, -0.2) is 0 Å². The Morgan fingerprint density at radius 2 is 1.54 bits per heavy atom. The summed E-state index contributed by atoms with van der Waals surface area (Å²) in [6, 6.07) is 13.3. The van der Waals surface area contributed by atoms with E-state index in [1.165, 1.54) is 66.9 Å². The molecule has 0 saturated carbocycles. The molecule has 3 heteroatoms. The van der Waals surface area contributed by atoms with E-state index in [0.29, 0.717) is 0 Å². The lowest BCUT2D eigenvalue weighted by Crippen LogP contribution is -2.38. The highest BCUT2D eigenvalue weighted by atomic mass is 15.2. The van der Waals surface area contributed by atoms with Crippen LogP contribution in [0.2, 0.25) is 0 Å². The summed E-state index contributed by atoms with van der Waals surface area (Å²) < 4.78 is 0. The average molecular weight is 319 g/mol. The van der Waals surface area contributed by atoms with Crippen LogP contribution in [0, 0.1) is 0 Å². The number of benzene rings is 2. The summed E-state index contributed by atoms with van der Waals surface area (Å²) in [7, 11) is 1.99. The standard InChI is InChI=1S/C21H25N3/c1-16-13-19(23-9-3-10-23)7-5-17(16)14-18-6-8-20(15-21(18)22-2)24-11-4-12-24/h5-8,13-15,22H,1,3-4,9-12H2,2H3/b17-14-. The molecule has 3 nitrogen and oxygen atoms in total. The van der Waals surface area contributed by atoms with Crippen molar-refractivity contribution in [2.24, 2.45) is 0 Å². The van der Waals surface area contributed by atoms with Crippen molar-refractivity contribution >= 4 is 29.7 Å². The fourth-order valence-electron chi connectivity index (χ4n) is 3.33. The quantitative estimate of drug-likeness (QED) is 0.933. The molecule has 0 unspecified atom stereocenters. The van der Waals surface area contributed by atoms with Gasteiger partial charge in [-0.2, -0.15) is 0 Å². The lowest BCUT2D eigenvalue weighted by molar-refractivity contribution is 0.617. The molecule has 124 valence electrons. The third-order valence-electron chi connectivity index (χ3n) is 5.19. The summed E-state index contributed by atoms with van der Waals surface area (Å²) in [6.45, 7) is 8.94. The van der Waals surface area contributed by atoms with Crippen molar-refractivity contribution < 1.29 is 0 Å². The van der Waals surface area contributed by atoms with E-state index in [9.17, 15) is 0 Å². The molecule has 4 rings (SSSR count). The number of hydrogen-bond donors (Lipinski definition) is 1. The van der Waals surface area contributed by atoms with Gasteiger partial charge < -0.3 is 15.1 Å². The van der Waals surface area contributed by atoms with E-state index >= 15 is 0 Å². The molecule has 2 aromatic carbocycles. The van der Waals surface area contributed by atoms with Crippen LogP contribution in [0.5, 0.6) is 0 Å². The molecule has 0 atom stereocenters. The van der Waals surface area contributed by atoms with Crippen LogP contribution >= 0.6 is 0 Å². The molecule has 2 aliphatic rings. The van der Waals surface area contributed by atoms with Gasteiger partial charge in [0.2, 0.25) is 0 Å². The number of rotatable bonds is 4. The normalized spacial score (nSPS) is 17.5. The zero-order valence-corrected chi connectivity index (χ0v) is 14.4. The van der Waals surface area contributed by atoms with Crippen LogP contribution in [0.3, 0.4) is 0 Å². The molecule has 0 radical (unpaired) electrons. The molecule has 0 bridgehead atoms. The van der Waals surface area contributed by atoms with Gasteiger partial charge in [-0.15, -0.1) is 0 Å². The van der Waals surface area contributed by atoms with Crippen molar-refractivity contribution in [3.63, 3.8) is 0 Å². The minimum atomic E-state index is 1.09. The molecular formula is C21H25N3. The zero-order chi connectivity index (χ0) is 16.5. The van der Waals surface area contributed by atoms with Gasteiger partial charge in [0.1, 0.15) is 0 Å². The van der Waals surface area contributed by atoms with Crippen LogP contribution < -0.4 is 25.6 Å².